The molecule has 1 aromatic carbocycles. The van der Waals surface area contributed by atoms with Crippen molar-refractivity contribution in [2.24, 2.45) is 0 Å². The minimum absolute atomic E-state index is 0.0974. The molecule has 0 radical (unpaired) electrons. The number of hydrogen-bond donors (Lipinski definition) is 1. The number of aromatic nitrogens is 1. The predicted octanol–water partition coefficient (Wildman–Crippen LogP) is 1.60. The van der Waals surface area contributed by atoms with Crippen LogP contribution in [-0.2, 0) is 19.6 Å². The predicted molar refractivity (Wildman–Crippen MR) is 88.1 cm³/mol. The van der Waals surface area contributed by atoms with E-state index in [0.717, 1.165) is 6.08 Å². The van der Waals surface area contributed by atoms with E-state index in [9.17, 15) is 18.0 Å². The van der Waals surface area contributed by atoms with Crippen LogP contribution >= 0.6 is 0 Å². The zero-order chi connectivity index (χ0) is 18.6. The maximum absolute atomic E-state index is 12.2. The van der Waals surface area contributed by atoms with Gasteiger partial charge in [0.15, 0.2) is 10.7 Å². The van der Waals surface area contributed by atoms with Gasteiger partial charge in [-0.25, -0.2) is 17.9 Å². The van der Waals surface area contributed by atoms with E-state index < -0.39 is 21.9 Å². The van der Waals surface area contributed by atoms with E-state index in [1.165, 1.54) is 39.2 Å². The lowest BCUT2D eigenvalue weighted by molar-refractivity contribution is -0.114. The van der Waals surface area contributed by atoms with Gasteiger partial charge in [-0.05, 0) is 37.6 Å². The largest absolute Gasteiger partial charge is 0.465 e. The van der Waals surface area contributed by atoms with Crippen LogP contribution in [0.3, 0.4) is 0 Å². The molecule has 0 bridgehead atoms. The minimum Gasteiger partial charge on any atom is -0.465 e. The number of rotatable bonds is 5. The first-order chi connectivity index (χ1) is 11.7. The van der Waals surface area contributed by atoms with Gasteiger partial charge >= 0.3 is 5.97 Å². The molecule has 0 unspecified atom stereocenters. The Morgan fingerprint density at radius 1 is 1.20 bits per heavy atom. The first-order valence-electron chi connectivity index (χ1n) is 7.10. The van der Waals surface area contributed by atoms with E-state index in [4.69, 9.17) is 4.52 Å². The summed E-state index contributed by atoms with van der Waals surface area (Å²) in [5.41, 5.74) is 1.14. The molecule has 0 spiro atoms. The number of benzene rings is 1. The number of esters is 1. The summed E-state index contributed by atoms with van der Waals surface area (Å²) in [7, 11) is -2.79. The molecule has 0 aliphatic heterocycles. The molecule has 0 aliphatic rings. The Labute approximate surface area is 144 Å². The highest BCUT2D eigenvalue weighted by atomic mass is 32.2. The van der Waals surface area contributed by atoms with Crippen LogP contribution in [0, 0.1) is 13.8 Å². The third-order valence-electron chi connectivity index (χ3n) is 3.23. The summed E-state index contributed by atoms with van der Waals surface area (Å²) >= 11 is 0. The number of sulfonamides is 1. The molecule has 1 aromatic heterocycles. The van der Waals surface area contributed by atoms with E-state index in [1.807, 2.05) is 4.72 Å². The molecule has 0 aliphatic carbocycles. The minimum atomic E-state index is -4.07. The first-order valence-corrected chi connectivity index (χ1v) is 8.59. The van der Waals surface area contributed by atoms with Crippen LogP contribution in [0.5, 0.6) is 0 Å². The Kier molecular flexibility index (Phi) is 5.38. The number of methoxy groups -OCH3 is 1. The second-order valence-corrected chi connectivity index (χ2v) is 6.69. The summed E-state index contributed by atoms with van der Waals surface area (Å²) in [6, 6.07) is 6.26. The molecule has 1 heterocycles. The monoisotopic (exact) mass is 364 g/mol. The van der Waals surface area contributed by atoms with Gasteiger partial charge in [0.25, 0.3) is 15.9 Å². The molecule has 9 heteroatoms. The summed E-state index contributed by atoms with van der Waals surface area (Å²) in [5.74, 6) is -1.20. The second-order valence-electron chi connectivity index (χ2n) is 5.07. The fourth-order valence-corrected chi connectivity index (χ4v) is 3.37. The molecule has 25 heavy (non-hydrogen) atoms. The van der Waals surface area contributed by atoms with E-state index in [0.29, 0.717) is 11.1 Å². The van der Waals surface area contributed by atoms with Crippen LogP contribution in [0.1, 0.15) is 27.4 Å². The van der Waals surface area contributed by atoms with Crippen LogP contribution in [0.25, 0.3) is 6.08 Å². The molecule has 0 fully saturated rings. The Morgan fingerprint density at radius 2 is 1.84 bits per heavy atom. The van der Waals surface area contributed by atoms with Crippen molar-refractivity contribution in [1.29, 1.82) is 0 Å². The van der Waals surface area contributed by atoms with Crippen LogP contribution in [0.4, 0.5) is 0 Å². The van der Waals surface area contributed by atoms with Crippen molar-refractivity contribution in [2.75, 3.05) is 7.11 Å². The highest BCUT2D eigenvalue weighted by molar-refractivity contribution is 7.90. The van der Waals surface area contributed by atoms with Gasteiger partial charge in [-0.2, -0.15) is 0 Å². The Hall–Kier alpha value is -2.94. The molecule has 0 atom stereocenters. The molecule has 1 amide bonds. The van der Waals surface area contributed by atoms with Gasteiger partial charge in [0.1, 0.15) is 5.69 Å². The highest BCUT2D eigenvalue weighted by Gasteiger charge is 2.25. The summed E-state index contributed by atoms with van der Waals surface area (Å²) in [5, 5.41) is 3.55. The van der Waals surface area contributed by atoms with Crippen molar-refractivity contribution in [2.45, 2.75) is 18.7 Å². The van der Waals surface area contributed by atoms with Gasteiger partial charge < -0.3 is 9.26 Å². The standard InChI is InChI=1S/C16H16N2O6S/c1-10-15(11(2)24-17-10)25(21,22)18-14(19)9-6-12-4-7-13(8-5-12)16(20)23-3/h4-9H,1-3H3,(H,18,19)/b9-6+. The van der Waals surface area contributed by atoms with E-state index in [-0.39, 0.29) is 16.3 Å². The molecule has 132 valence electrons. The average molecular weight is 364 g/mol. The average Bonchev–Trinajstić information content (AvgIpc) is 2.91. The third kappa shape index (κ3) is 4.32. The maximum atomic E-state index is 12.2. The number of carbonyl (C=O) groups excluding carboxylic acids is 2. The fourth-order valence-electron chi connectivity index (χ4n) is 2.10. The Bertz CT molecular complexity index is 907. The van der Waals surface area contributed by atoms with Crippen LogP contribution in [0.2, 0.25) is 0 Å². The molecule has 2 rings (SSSR count). The Balaban J connectivity index is 2.09. The van der Waals surface area contributed by atoms with E-state index in [1.54, 1.807) is 12.1 Å². The molecular weight excluding hydrogens is 348 g/mol. The van der Waals surface area contributed by atoms with Gasteiger partial charge in [-0.15, -0.1) is 0 Å². The number of hydrogen-bond acceptors (Lipinski definition) is 7. The van der Waals surface area contributed by atoms with Gasteiger partial charge in [-0.3, -0.25) is 4.79 Å². The zero-order valence-electron chi connectivity index (χ0n) is 13.8. The van der Waals surface area contributed by atoms with E-state index >= 15 is 0 Å². The van der Waals surface area contributed by atoms with Gasteiger partial charge in [0.05, 0.1) is 12.7 Å². The third-order valence-corrected chi connectivity index (χ3v) is 4.82. The lowest BCUT2D eigenvalue weighted by Crippen LogP contribution is -2.29. The fraction of sp³-hybridized carbons (Fsp3) is 0.188. The maximum Gasteiger partial charge on any atom is 0.337 e. The molecule has 8 nitrogen and oxygen atoms in total. The van der Waals surface area contributed by atoms with Crippen molar-refractivity contribution >= 4 is 28.0 Å². The number of carbonyl (C=O) groups is 2. The zero-order valence-corrected chi connectivity index (χ0v) is 14.6. The summed E-state index contributed by atoms with van der Waals surface area (Å²) < 4.78 is 35.7. The number of amides is 1. The lowest BCUT2D eigenvalue weighted by Gasteiger charge is -2.03. The topological polar surface area (TPSA) is 116 Å². The quantitative estimate of drug-likeness (QED) is 0.633. The van der Waals surface area contributed by atoms with E-state index in [2.05, 4.69) is 9.89 Å². The number of nitrogens with one attached hydrogen (secondary N) is 1. The number of ether oxygens (including phenoxy) is 1. The number of nitrogens with zero attached hydrogens (tertiary/aromatic N) is 1. The van der Waals surface area contributed by atoms with Crippen molar-refractivity contribution in [3.05, 3.63) is 52.9 Å². The van der Waals surface area contributed by atoms with Crippen molar-refractivity contribution in [3.63, 3.8) is 0 Å². The van der Waals surface area contributed by atoms with Crippen molar-refractivity contribution in [3.8, 4) is 0 Å². The molecular formula is C16H16N2O6S. The molecule has 2 aromatic rings. The first kappa shape index (κ1) is 18.4. The van der Waals surface area contributed by atoms with Crippen molar-refractivity contribution in [1.82, 2.24) is 9.88 Å². The van der Waals surface area contributed by atoms with Crippen LogP contribution in [0.15, 0.2) is 39.8 Å². The SMILES string of the molecule is COC(=O)c1ccc(/C=C/C(=O)NS(=O)(=O)c2c(C)noc2C)cc1. The van der Waals surface area contributed by atoms with Crippen LogP contribution < -0.4 is 4.72 Å². The van der Waals surface area contributed by atoms with Crippen LogP contribution in [-0.4, -0.2) is 32.6 Å². The normalized spacial score (nSPS) is 11.5. The summed E-state index contributed by atoms with van der Waals surface area (Å²) in [4.78, 5) is 23.0. The van der Waals surface area contributed by atoms with Gasteiger partial charge in [-0.1, -0.05) is 17.3 Å². The molecule has 0 saturated carbocycles. The molecule has 1 N–H and O–H groups in total. The summed E-state index contributed by atoms with van der Waals surface area (Å²) in [6.45, 7) is 2.91. The summed E-state index contributed by atoms with van der Waals surface area (Å²) in [6.07, 6.45) is 2.49. The number of aryl methyl sites for hydroxylation is 2. The smallest absolute Gasteiger partial charge is 0.337 e. The lowest BCUT2D eigenvalue weighted by atomic mass is 10.1. The van der Waals surface area contributed by atoms with Gasteiger partial charge in [0, 0.05) is 6.08 Å². The Morgan fingerprint density at radius 3 is 2.36 bits per heavy atom. The highest BCUT2D eigenvalue weighted by Crippen LogP contribution is 2.18. The second kappa shape index (κ2) is 7.31. The molecule has 0 saturated heterocycles. The van der Waals surface area contributed by atoms with Gasteiger partial charge in [0.2, 0.25) is 0 Å². The van der Waals surface area contributed by atoms with Crippen molar-refractivity contribution < 1.29 is 27.3 Å².